The van der Waals surface area contributed by atoms with E-state index in [-0.39, 0.29) is 24.1 Å². The molecule has 1 aliphatic heterocycles. The minimum atomic E-state index is -0.605. The number of rotatable bonds is 7. The summed E-state index contributed by atoms with van der Waals surface area (Å²) < 4.78 is 0. The second-order valence-corrected chi connectivity index (χ2v) is 8.56. The zero-order valence-corrected chi connectivity index (χ0v) is 17.6. The molecule has 0 bridgehead atoms. The van der Waals surface area contributed by atoms with Gasteiger partial charge in [0.25, 0.3) is 0 Å². The van der Waals surface area contributed by atoms with E-state index in [0.29, 0.717) is 18.5 Å². The van der Waals surface area contributed by atoms with E-state index < -0.39 is 5.41 Å². The molecule has 1 saturated carbocycles. The Kier molecular flexibility index (Phi) is 7.22. The van der Waals surface area contributed by atoms with Crippen molar-refractivity contribution in [3.05, 3.63) is 47.7 Å². The fourth-order valence-electron chi connectivity index (χ4n) is 4.32. The average Bonchev–Trinajstić information content (AvgIpc) is 2.72. The van der Waals surface area contributed by atoms with E-state index in [9.17, 15) is 9.59 Å². The fraction of sp³-hybridized carbons (Fsp3) is 0.565. The third kappa shape index (κ3) is 5.13. The minimum Gasteiger partial charge on any atom is -0.395 e. The lowest BCUT2D eigenvalue weighted by atomic mass is 9.63. The van der Waals surface area contributed by atoms with E-state index in [1.54, 1.807) is 6.20 Å². The number of nitrogens with zero attached hydrogens (tertiary/aromatic N) is 2. The monoisotopic (exact) mass is 399 g/mol. The van der Waals surface area contributed by atoms with Gasteiger partial charge in [-0.2, -0.15) is 0 Å². The van der Waals surface area contributed by atoms with Crippen LogP contribution in [0.2, 0.25) is 0 Å². The maximum atomic E-state index is 13.1. The Balaban J connectivity index is 1.54. The van der Waals surface area contributed by atoms with E-state index in [1.807, 2.05) is 44.2 Å². The number of piperazine rings is 1. The summed E-state index contributed by atoms with van der Waals surface area (Å²) in [7, 11) is 0. The molecule has 3 rings (SSSR count). The van der Waals surface area contributed by atoms with Gasteiger partial charge in [0.1, 0.15) is 0 Å². The highest BCUT2D eigenvalue weighted by molar-refractivity contribution is 6.24. The highest BCUT2D eigenvalue weighted by atomic mass is 16.3. The molecule has 1 unspecified atom stereocenters. The number of carbonyl (C=O) groups is 2. The van der Waals surface area contributed by atoms with Crippen LogP contribution in [0.1, 0.15) is 31.7 Å². The summed E-state index contributed by atoms with van der Waals surface area (Å²) in [5, 5.41) is 12.2. The lowest BCUT2D eigenvalue weighted by Crippen LogP contribution is -2.48. The Morgan fingerprint density at radius 3 is 2.31 bits per heavy atom. The van der Waals surface area contributed by atoms with Crippen molar-refractivity contribution in [3.63, 3.8) is 0 Å². The number of Topliss-reactive ketones (excluding diaryl/α,β-unsaturated/α-hetero) is 2. The zero-order valence-electron chi connectivity index (χ0n) is 17.6. The summed E-state index contributed by atoms with van der Waals surface area (Å²) in [5.74, 6) is -0.239. The molecular weight excluding hydrogens is 366 g/mol. The van der Waals surface area contributed by atoms with Gasteiger partial charge >= 0.3 is 0 Å². The maximum absolute atomic E-state index is 13.1. The van der Waals surface area contributed by atoms with Gasteiger partial charge in [0.05, 0.1) is 12.2 Å². The van der Waals surface area contributed by atoms with Crippen LogP contribution in [0.4, 0.5) is 0 Å². The first kappa shape index (κ1) is 21.7. The van der Waals surface area contributed by atoms with Gasteiger partial charge in [0, 0.05) is 69.8 Å². The molecule has 1 heterocycles. The molecule has 29 heavy (non-hydrogen) atoms. The number of allylic oxidation sites excluding steroid dienone is 1. The van der Waals surface area contributed by atoms with Crippen LogP contribution >= 0.6 is 0 Å². The molecule has 2 aliphatic rings. The number of nitrogens with one attached hydrogen (secondary N) is 1. The molecule has 1 aromatic rings. The standard InChI is InChI=1S/C23H33N3O3/c1-23(2)20(18-6-4-3-5-7-18)16-21(28)19(22(23)29)17-24-8-9-25-10-12-26(13-11-25)14-15-27/h3-7,17,20,24,27H,8-16H2,1-2H3/b19-17+. The summed E-state index contributed by atoms with van der Waals surface area (Å²) in [6.45, 7) is 10.3. The number of aliphatic hydroxyl groups excluding tert-OH is 1. The number of β-amino-alcohol motifs (C(OH)–C–C–N with tert-alkyl or cyclic N) is 1. The largest absolute Gasteiger partial charge is 0.395 e. The number of hydrogen-bond acceptors (Lipinski definition) is 6. The molecule has 1 aromatic carbocycles. The van der Waals surface area contributed by atoms with Crippen molar-refractivity contribution in [2.75, 3.05) is 52.4 Å². The van der Waals surface area contributed by atoms with E-state index in [0.717, 1.165) is 44.8 Å². The molecular formula is C23H33N3O3. The van der Waals surface area contributed by atoms with E-state index >= 15 is 0 Å². The van der Waals surface area contributed by atoms with Gasteiger partial charge in [-0.3, -0.25) is 19.4 Å². The number of benzene rings is 1. The van der Waals surface area contributed by atoms with Gasteiger partial charge in [-0.05, 0) is 5.56 Å². The Morgan fingerprint density at radius 2 is 1.69 bits per heavy atom. The van der Waals surface area contributed by atoms with E-state index in [1.165, 1.54) is 0 Å². The fourth-order valence-corrected chi connectivity index (χ4v) is 4.32. The molecule has 158 valence electrons. The van der Waals surface area contributed by atoms with Crippen LogP contribution in [0.15, 0.2) is 42.1 Å². The summed E-state index contributed by atoms with van der Waals surface area (Å²) >= 11 is 0. The van der Waals surface area contributed by atoms with E-state index in [2.05, 4.69) is 15.1 Å². The lowest BCUT2D eigenvalue weighted by molar-refractivity contribution is -0.131. The third-order valence-electron chi connectivity index (χ3n) is 6.29. The molecule has 1 aliphatic carbocycles. The Hall–Kier alpha value is -2.02. The number of aliphatic hydroxyl groups is 1. The quantitative estimate of drug-likeness (QED) is 0.411. The summed E-state index contributed by atoms with van der Waals surface area (Å²) in [6, 6.07) is 9.86. The van der Waals surface area contributed by atoms with Gasteiger partial charge in [0.15, 0.2) is 11.6 Å². The number of hydrogen-bond donors (Lipinski definition) is 2. The molecule has 0 amide bonds. The first-order valence-electron chi connectivity index (χ1n) is 10.6. The van der Waals surface area contributed by atoms with Crippen LogP contribution in [0.3, 0.4) is 0 Å². The predicted octanol–water partition coefficient (Wildman–Crippen LogP) is 1.42. The van der Waals surface area contributed by atoms with Gasteiger partial charge in [-0.25, -0.2) is 0 Å². The van der Waals surface area contributed by atoms with Crippen molar-refractivity contribution < 1.29 is 14.7 Å². The summed E-state index contributed by atoms with van der Waals surface area (Å²) in [5.41, 5.74) is 0.743. The van der Waals surface area contributed by atoms with Crippen molar-refractivity contribution in [2.24, 2.45) is 5.41 Å². The van der Waals surface area contributed by atoms with Crippen LogP contribution in [0.5, 0.6) is 0 Å². The van der Waals surface area contributed by atoms with Crippen LogP contribution in [-0.4, -0.2) is 78.9 Å². The lowest BCUT2D eigenvalue weighted by Gasteiger charge is -2.37. The predicted molar refractivity (Wildman–Crippen MR) is 114 cm³/mol. The molecule has 6 heteroatoms. The summed E-state index contributed by atoms with van der Waals surface area (Å²) in [6.07, 6.45) is 2.00. The SMILES string of the molecule is CC1(C)C(=O)/C(=C/NCCN2CCN(CCO)CC2)C(=O)CC1c1ccccc1. The molecule has 2 N–H and O–H groups in total. The highest BCUT2D eigenvalue weighted by Gasteiger charge is 2.46. The molecule has 0 radical (unpaired) electrons. The van der Waals surface area contributed by atoms with Gasteiger partial charge in [-0.1, -0.05) is 44.2 Å². The molecule has 6 nitrogen and oxygen atoms in total. The Labute approximate surface area is 173 Å². The van der Waals surface area contributed by atoms with Gasteiger partial charge in [-0.15, -0.1) is 0 Å². The Bertz CT molecular complexity index is 737. The highest BCUT2D eigenvalue weighted by Crippen LogP contribution is 2.44. The first-order valence-corrected chi connectivity index (χ1v) is 10.6. The topological polar surface area (TPSA) is 72.9 Å². The zero-order chi connectivity index (χ0) is 20.9. The summed E-state index contributed by atoms with van der Waals surface area (Å²) in [4.78, 5) is 30.4. The Morgan fingerprint density at radius 1 is 1.07 bits per heavy atom. The van der Waals surface area contributed by atoms with Crippen molar-refractivity contribution in [1.82, 2.24) is 15.1 Å². The van der Waals surface area contributed by atoms with Crippen molar-refractivity contribution in [3.8, 4) is 0 Å². The minimum absolute atomic E-state index is 0.0757. The second kappa shape index (κ2) is 9.65. The molecule has 0 aromatic heterocycles. The van der Waals surface area contributed by atoms with Gasteiger partial charge in [0.2, 0.25) is 0 Å². The van der Waals surface area contributed by atoms with Crippen LogP contribution < -0.4 is 5.32 Å². The van der Waals surface area contributed by atoms with Crippen molar-refractivity contribution in [1.29, 1.82) is 0 Å². The molecule has 2 fully saturated rings. The number of ketones is 2. The normalized spacial score (nSPS) is 24.8. The first-order chi connectivity index (χ1) is 13.9. The van der Waals surface area contributed by atoms with Crippen molar-refractivity contribution in [2.45, 2.75) is 26.2 Å². The van der Waals surface area contributed by atoms with E-state index in [4.69, 9.17) is 5.11 Å². The van der Waals surface area contributed by atoms with Crippen LogP contribution in [-0.2, 0) is 9.59 Å². The smallest absolute Gasteiger partial charge is 0.174 e. The average molecular weight is 400 g/mol. The maximum Gasteiger partial charge on any atom is 0.174 e. The van der Waals surface area contributed by atoms with Crippen molar-refractivity contribution >= 4 is 11.6 Å². The van der Waals surface area contributed by atoms with Crippen LogP contribution in [0.25, 0.3) is 0 Å². The second-order valence-electron chi connectivity index (χ2n) is 8.56. The molecule has 1 atom stereocenters. The molecule has 0 spiro atoms. The van der Waals surface area contributed by atoms with Crippen LogP contribution in [0, 0.1) is 5.41 Å². The van der Waals surface area contributed by atoms with Gasteiger partial charge < -0.3 is 10.4 Å². The third-order valence-corrected chi connectivity index (χ3v) is 6.29. The molecule has 1 saturated heterocycles. The number of carbonyl (C=O) groups excluding carboxylic acids is 2.